The summed E-state index contributed by atoms with van der Waals surface area (Å²) in [7, 11) is 0. The van der Waals surface area contributed by atoms with Gasteiger partial charge >= 0.3 is 0 Å². The molecular formula is C13H17N3. The van der Waals surface area contributed by atoms with Gasteiger partial charge in [-0.25, -0.2) is 0 Å². The Bertz CT molecular complexity index is 347. The van der Waals surface area contributed by atoms with E-state index in [2.05, 4.69) is 22.0 Å². The molecule has 1 aliphatic heterocycles. The number of nitriles is 1. The molecule has 1 aromatic rings. The van der Waals surface area contributed by atoms with Crippen LogP contribution in [0.15, 0.2) is 24.5 Å². The fourth-order valence-corrected chi connectivity index (χ4v) is 2.12. The van der Waals surface area contributed by atoms with Crippen LogP contribution in [0.5, 0.6) is 0 Å². The highest BCUT2D eigenvalue weighted by Crippen LogP contribution is 2.16. The summed E-state index contributed by atoms with van der Waals surface area (Å²) in [5.41, 5.74) is 1.30. The van der Waals surface area contributed by atoms with Crippen LogP contribution in [-0.4, -0.2) is 29.5 Å². The summed E-state index contributed by atoms with van der Waals surface area (Å²) in [5, 5.41) is 8.81. The van der Waals surface area contributed by atoms with Crippen molar-refractivity contribution >= 4 is 0 Å². The highest BCUT2D eigenvalue weighted by Gasteiger charge is 2.17. The molecule has 2 heterocycles. The van der Waals surface area contributed by atoms with Crippen LogP contribution in [0.2, 0.25) is 0 Å². The van der Waals surface area contributed by atoms with Gasteiger partial charge in [-0.1, -0.05) is 6.07 Å². The van der Waals surface area contributed by atoms with E-state index in [1.807, 2.05) is 18.5 Å². The fraction of sp³-hybridized carbons (Fsp3) is 0.538. The Morgan fingerprint density at radius 3 is 2.88 bits per heavy atom. The van der Waals surface area contributed by atoms with Gasteiger partial charge in [-0.05, 0) is 44.0 Å². The first kappa shape index (κ1) is 11.1. The predicted octanol–water partition coefficient (Wildman–Crippen LogP) is 1.86. The van der Waals surface area contributed by atoms with E-state index < -0.39 is 0 Å². The molecule has 0 saturated carbocycles. The number of pyridine rings is 1. The first-order valence-corrected chi connectivity index (χ1v) is 5.89. The third-order valence-electron chi connectivity index (χ3n) is 3.21. The average molecular weight is 215 g/mol. The van der Waals surface area contributed by atoms with Crippen molar-refractivity contribution < 1.29 is 0 Å². The van der Waals surface area contributed by atoms with Gasteiger partial charge in [0.05, 0.1) is 6.07 Å². The van der Waals surface area contributed by atoms with Gasteiger partial charge in [0, 0.05) is 24.9 Å². The minimum absolute atomic E-state index is 0.287. The molecule has 0 aliphatic carbocycles. The van der Waals surface area contributed by atoms with Crippen LogP contribution in [-0.2, 0) is 6.42 Å². The molecule has 0 aromatic carbocycles. The molecule has 1 aliphatic rings. The largest absolute Gasteiger partial charge is 0.303 e. The molecule has 0 bridgehead atoms. The number of aromatic nitrogens is 1. The molecule has 1 saturated heterocycles. The van der Waals surface area contributed by atoms with Crippen molar-refractivity contribution in [2.75, 3.05) is 19.6 Å². The fourth-order valence-electron chi connectivity index (χ4n) is 2.12. The van der Waals surface area contributed by atoms with Gasteiger partial charge in [-0.3, -0.25) is 4.98 Å². The maximum absolute atomic E-state index is 8.81. The number of nitrogens with zero attached hydrogens (tertiary/aromatic N) is 3. The summed E-state index contributed by atoms with van der Waals surface area (Å²) in [4.78, 5) is 6.56. The van der Waals surface area contributed by atoms with E-state index in [0.29, 0.717) is 0 Å². The van der Waals surface area contributed by atoms with Crippen molar-refractivity contribution in [1.29, 1.82) is 5.26 Å². The lowest BCUT2D eigenvalue weighted by atomic mass is 9.98. The molecule has 84 valence electrons. The zero-order chi connectivity index (χ0) is 11.2. The molecular weight excluding hydrogens is 198 g/mol. The van der Waals surface area contributed by atoms with Crippen molar-refractivity contribution in [3.63, 3.8) is 0 Å². The molecule has 3 nitrogen and oxygen atoms in total. The Labute approximate surface area is 96.7 Å². The molecule has 0 unspecified atom stereocenters. The highest BCUT2D eigenvalue weighted by molar-refractivity contribution is 5.08. The number of likely N-dealkylation sites (tertiary alicyclic amines) is 1. The van der Waals surface area contributed by atoms with Crippen LogP contribution in [0.4, 0.5) is 0 Å². The second-order valence-corrected chi connectivity index (χ2v) is 4.36. The first-order valence-electron chi connectivity index (χ1n) is 5.89. The average Bonchev–Trinajstić information content (AvgIpc) is 2.38. The molecule has 0 N–H and O–H groups in total. The second-order valence-electron chi connectivity index (χ2n) is 4.36. The van der Waals surface area contributed by atoms with E-state index in [4.69, 9.17) is 5.26 Å². The standard InChI is InChI=1S/C13H17N3/c14-10-12-3-7-16(8-4-12)9-5-13-2-1-6-15-11-13/h1-2,6,11-12H,3-5,7-9H2. The Hall–Kier alpha value is -1.40. The lowest BCUT2D eigenvalue weighted by Crippen LogP contribution is -2.34. The first-order chi connectivity index (χ1) is 7.88. The van der Waals surface area contributed by atoms with Crippen molar-refractivity contribution in [3.05, 3.63) is 30.1 Å². The van der Waals surface area contributed by atoms with Gasteiger partial charge in [-0.2, -0.15) is 5.26 Å². The van der Waals surface area contributed by atoms with Gasteiger partial charge in [0.2, 0.25) is 0 Å². The van der Waals surface area contributed by atoms with Crippen LogP contribution < -0.4 is 0 Å². The van der Waals surface area contributed by atoms with Gasteiger partial charge in [0.15, 0.2) is 0 Å². The number of piperidine rings is 1. The van der Waals surface area contributed by atoms with Crippen LogP contribution in [0, 0.1) is 17.2 Å². The summed E-state index contributed by atoms with van der Waals surface area (Å²) in [6.07, 6.45) is 6.86. The summed E-state index contributed by atoms with van der Waals surface area (Å²) >= 11 is 0. The molecule has 1 fully saturated rings. The zero-order valence-corrected chi connectivity index (χ0v) is 9.47. The van der Waals surface area contributed by atoms with Gasteiger partial charge in [-0.15, -0.1) is 0 Å². The van der Waals surface area contributed by atoms with Crippen LogP contribution in [0.3, 0.4) is 0 Å². The van der Waals surface area contributed by atoms with Crippen molar-refractivity contribution in [2.45, 2.75) is 19.3 Å². The zero-order valence-electron chi connectivity index (χ0n) is 9.47. The highest BCUT2D eigenvalue weighted by atomic mass is 15.1. The molecule has 1 aromatic heterocycles. The Morgan fingerprint density at radius 1 is 1.44 bits per heavy atom. The van der Waals surface area contributed by atoms with Crippen molar-refractivity contribution in [2.24, 2.45) is 5.92 Å². The van der Waals surface area contributed by atoms with Crippen molar-refractivity contribution in [3.8, 4) is 6.07 Å². The maximum atomic E-state index is 8.81. The van der Waals surface area contributed by atoms with Gasteiger partial charge in [0.25, 0.3) is 0 Å². The minimum Gasteiger partial charge on any atom is -0.303 e. The van der Waals surface area contributed by atoms with E-state index in [1.54, 1.807) is 0 Å². The number of hydrogen-bond donors (Lipinski definition) is 0. The molecule has 0 spiro atoms. The minimum atomic E-state index is 0.287. The van der Waals surface area contributed by atoms with Crippen molar-refractivity contribution in [1.82, 2.24) is 9.88 Å². The van der Waals surface area contributed by atoms with Crippen LogP contribution in [0.25, 0.3) is 0 Å². The van der Waals surface area contributed by atoms with Crippen LogP contribution >= 0.6 is 0 Å². The SMILES string of the molecule is N#CC1CCN(CCc2cccnc2)CC1. The lowest BCUT2D eigenvalue weighted by Gasteiger charge is -2.28. The Balaban J connectivity index is 1.74. The normalized spacial score (nSPS) is 18.2. The molecule has 0 atom stereocenters. The smallest absolute Gasteiger partial charge is 0.0656 e. The summed E-state index contributed by atoms with van der Waals surface area (Å²) in [6, 6.07) is 6.47. The Kier molecular flexibility index (Phi) is 3.90. The lowest BCUT2D eigenvalue weighted by molar-refractivity contribution is 0.208. The third kappa shape index (κ3) is 3.04. The predicted molar refractivity (Wildman–Crippen MR) is 62.7 cm³/mol. The summed E-state index contributed by atoms with van der Waals surface area (Å²) in [6.45, 7) is 3.22. The van der Waals surface area contributed by atoms with E-state index in [9.17, 15) is 0 Å². The molecule has 0 radical (unpaired) electrons. The van der Waals surface area contributed by atoms with E-state index in [0.717, 1.165) is 38.9 Å². The third-order valence-corrected chi connectivity index (χ3v) is 3.21. The van der Waals surface area contributed by atoms with Gasteiger partial charge < -0.3 is 4.90 Å². The maximum Gasteiger partial charge on any atom is 0.0656 e. The molecule has 16 heavy (non-hydrogen) atoms. The monoisotopic (exact) mass is 215 g/mol. The van der Waals surface area contributed by atoms with Gasteiger partial charge in [0.1, 0.15) is 0 Å². The molecule has 3 heteroatoms. The Morgan fingerprint density at radius 2 is 2.25 bits per heavy atom. The second kappa shape index (κ2) is 5.62. The number of rotatable bonds is 3. The van der Waals surface area contributed by atoms with E-state index >= 15 is 0 Å². The summed E-state index contributed by atoms with van der Waals surface area (Å²) < 4.78 is 0. The van der Waals surface area contributed by atoms with E-state index in [-0.39, 0.29) is 5.92 Å². The quantitative estimate of drug-likeness (QED) is 0.772. The summed E-state index contributed by atoms with van der Waals surface area (Å²) in [5.74, 6) is 0.287. The molecule has 0 amide bonds. The topological polar surface area (TPSA) is 39.9 Å². The molecule has 2 rings (SSSR count). The number of hydrogen-bond acceptors (Lipinski definition) is 3. The van der Waals surface area contributed by atoms with Crippen LogP contribution in [0.1, 0.15) is 18.4 Å². The van der Waals surface area contributed by atoms with E-state index in [1.165, 1.54) is 5.56 Å².